The summed E-state index contributed by atoms with van der Waals surface area (Å²) >= 11 is 0. The van der Waals surface area contributed by atoms with Gasteiger partial charge in [-0.15, -0.1) is 0 Å². The van der Waals surface area contributed by atoms with Crippen LogP contribution >= 0.6 is 0 Å². The fraction of sp³-hybridized carbons (Fsp3) is 0.375. The number of nitrogens with zero attached hydrogens (tertiary/aromatic N) is 2. The highest BCUT2D eigenvalue weighted by molar-refractivity contribution is 5.52. The van der Waals surface area contributed by atoms with Crippen LogP contribution in [0.1, 0.15) is 19.8 Å². The Labute approximate surface area is 60.2 Å². The van der Waals surface area contributed by atoms with Crippen molar-refractivity contribution in [3.63, 3.8) is 0 Å². The van der Waals surface area contributed by atoms with Crippen molar-refractivity contribution in [2.24, 2.45) is 0 Å². The van der Waals surface area contributed by atoms with E-state index in [2.05, 4.69) is 16.5 Å². The molecule has 0 N–H and O–H groups in total. The molecule has 2 heteroatoms. The monoisotopic (exact) mass is 134 g/mol. The molecule has 0 bridgehead atoms. The lowest BCUT2D eigenvalue weighted by molar-refractivity contribution is 1.07. The van der Waals surface area contributed by atoms with Gasteiger partial charge in [-0.1, -0.05) is 0 Å². The second kappa shape index (κ2) is 1.97. The second-order valence-electron chi connectivity index (χ2n) is 2.66. The summed E-state index contributed by atoms with van der Waals surface area (Å²) in [6, 6.07) is 0. The smallest absolute Gasteiger partial charge is 0.0989 e. The number of imidazole rings is 1. The van der Waals surface area contributed by atoms with Crippen LogP contribution in [0.15, 0.2) is 24.3 Å². The lowest BCUT2D eigenvalue weighted by Crippen LogP contribution is -1.87. The van der Waals surface area contributed by atoms with Crippen LogP contribution in [0.3, 0.4) is 0 Å². The summed E-state index contributed by atoms with van der Waals surface area (Å²) in [5.74, 6) is 0. The number of hydrogen-bond donors (Lipinski definition) is 0. The van der Waals surface area contributed by atoms with Gasteiger partial charge in [-0.25, -0.2) is 4.98 Å². The molecule has 0 spiro atoms. The molecule has 0 aliphatic heterocycles. The van der Waals surface area contributed by atoms with Gasteiger partial charge in [-0.05, 0) is 25.3 Å². The lowest BCUT2D eigenvalue weighted by Gasteiger charge is -1.98. The first-order valence-electron chi connectivity index (χ1n) is 3.55. The highest BCUT2D eigenvalue weighted by Gasteiger charge is 2.15. The zero-order chi connectivity index (χ0) is 6.97. The minimum Gasteiger partial charge on any atom is -0.310 e. The van der Waals surface area contributed by atoms with Crippen LogP contribution in [0.5, 0.6) is 0 Å². The molecule has 0 radical (unpaired) electrons. The molecule has 1 saturated carbocycles. The molecule has 2 rings (SSSR count). The van der Waals surface area contributed by atoms with Crippen LogP contribution < -0.4 is 0 Å². The van der Waals surface area contributed by atoms with Gasteiger partial charge in [-0.2, -0.15) is 0 Å². The van der Waals surface area contributed by atoms with Gasteiger partial charge in [0, 0.05) is 18.1 Å². The predicted molar refractivity (Wildman–Crippen MR) is 40.4 cm³/mol. The van der Waals surface area contributed by atoms with Crippen molar-refractivity contribution in [3.05, 3.63) is 24.3 Å². The maximum atomic E-state index is 3.98. The Morgan fingerprint density at radius 2 is 2.40 bits per heavy atom. The van der Waals surface area contributed by atoms with Crippen molar-refractivity contribution in [3.8, 4) is 0 Å². The van der Waals surface area contributed by atoms with E-state index in [9.17, 15) is 0 Å². The van der Waals surface area contributed by atoms with Crippen LogP contribution in [-0.4, -0.2) is 9.55 Å². The lowest BCUT2D eigenvalue weighted by atomic mass is 10.4. The molecule has 1 fully saturated rings. The first-order valence-corrected chi connectivity index (χ1v) is 3.55. The van der Waals surface area contributed by atoms with Gasteiger partial charge in [0.05, 0.1) is 6.33 Å². The van der Waals surface area contributed by atoms with E-state index in [1.54, 1.807) is 5.57 Å². The quantitative estimate of drug-likeness (QED) is 0.573. The van der Waals surface area contributed by atoms with E-state index in [0.717, 1.165) is 0 Å². The topological polar surface area (TPSA) is 17.8 Å². The third-order valence-corrected chi connectivity index (χ3v) is 1.90. The van der Waals surface area contributed by atoms with Crippen LogP contribution in [0, 0.1) is 0 Å². The minimum absolute atomic E-state index is 1.28. The molecular formula is C8H10N2. The Bertz CT molecular complexity index is 251. The summed E-state index contributed by atoms with van der Waals surface area (Å²) in [6.07, 6.45) is 8.21. The Morgan fingerprint density at radius 3 is 2.90 bits per heavy atom. The normalized spacial score (nSPS) is 15.5. The van der Waals surface area contributed by atoms with Crippen molar-refractivity contribution in [1.29, 1.82) is 0 Å². The third-order valence-electron chi connectivity index (χ3n) is 1.90. The van der Waals surface area contributed by atoms with E-state index in [1.807, 2.05) is 18.7 Å². The number of hydrogen-bond acceptors (Lipinski definition) is 1. The molecule has 10 heavy (non-hydrogen) atoms. The average Bonchev–Trinajstić information content (AvgIpc) is 2.65. The minimum atomic E-state index is 1.28. The van der Waals surface area contributed by atoms with Crippen LogP contribution in [-0.2, 0) is 0 Å². The Hall–Kier alpha value is -1.05. The van der Waals surface area contributed by atoms with Crippen LogP contribution in [0.25, 0.3) is 5.70 Å². The molecule has 2 nitrogen and oxygen atoms in total. The molecule has 0 amide bonds. The molecule has 0 aromatic carbocycles. The number of allylic oxidation sites excluding steroid dienone is 2. The highest BCUT2D eigenvalue weighted by Crippen LogP contribution is 2.33. The molecule has 0 unspecified atom stereocenters. The van der Waals surface area contributed by atoms with Gasteiger partial charge < -0.3 is 4.57 Å². The van der Waals surface area contributed by atoms with Crippen LogP contribution in [0.2, 0.25) is 0 Å². The molecular weight excluding hydrogens is 124 g/mol. The van der Waals surface area contributed by atoms with Crippen molar-refractivity contribution >= 4 is 5.70 Å². The summed E-state index contributed by atoms with van der Waals surface area (Å²) in [4.78, 5) is 3.98. The Morgan fingerprint density at radius 1 is 1.60 bits per heavy atom. The van der Waals surface area contributed by atoms with Gasteiger partial charge >= 0.3 is 0 Å². The molecule has 1 aromatic rings. The summed E-state index contributed by atoms with van der Waals surface area (Å²) in [5, 5.41) is 0. The maximum Gasteiger partial charge on any atom is 0.0989 e. The zero-order valence-corrected chi connectivity index (χ0v) is 6.04. The van der Waals surface area contributed by atoms with E-state index in [4.69, 9.17) is 0 Å². The third kappa shape index (κ3) is 0.856. The number of aromatic nitrogens is 2. The van der Waals surface area contributed by atoms with Gasteiger partial charge in [0.2, 0.25) is 0 Å². The van der Waals surface area contributed by atoms with Crippen molar-refractivity contribution in [2.45, 2.75) is 19.8 Å². The average molecular weight is 134 g/mol. The summed E-state index contributed by atoms with van der Waals surface area (Å²) in [6.45, 7) is 2.14. The molecule has 0 atom stereocenters. The Balaban J connectivity index is 2.36. The van der Waals surface area contributed by atoms with Gasteiger partial charge in [0.25, 0.3) is 0 Å². The van der Waals surface area contributed by atoms with Crippen molar-refractivity contribution in [1.82, 2.24) is 9.55 Å². The second-order valence-corrected chi connectivity index (χ2v) is 2.66. The van der Waals surface area contributed by atoms with E-state index in [-0.39, 0.29) is 0 Å². The fourth-order valence-corrected chi connectivity index (χ4v) is 1.06. The molecule has 0 saturated heterocycles. The van der Waals surface area contributed by atoms with Gasteiger partial charge in [0.1, 0.15) is 0 Å². The molecule has 52 valence electrons. The summed E-state index contributed by atoms with van der Waals surface area (Å²) in [7, 11) is 0. The largest absolute Gasteiger partial charge is 0.310 e. The maximum absolute atomic E-state index is 3.98. The first-order chi connectivity index (χ1) is 4.88. The molecule has 1 aliphatic carbocycles. The van der Waals surface area contributed by atoms with Gasteiger partial charge in [-0.3, -0.25) is 0 Å². The standard InChI is InChI=1S/C8H10N2/c1-7(8-2-3-8)10-5-4-9-6-10/h4-6H,2-3H2,1H3. The van der Waals surface area contributed by atoms with Gasteiger partial charge in [0.15, 0.2) is 0 Å². The van der Waals surface area contributed by atoms with Crippen LogP contribution in [0.4, 0.5) is 0 Å². The molecule has 1 heterocycles. The van der Waals surface area contributed by atoms with E-state index < -0.39 is 0 Å². The van der Waals surface area contributed by atoms with E-state index in [1.165, 1.54) is 18.5 Å². The predicted octanol–water partition coefficient (Wildman–Crippen LogP) is 1.91. The van der Waals surface area contributed by atoms with Crippen molar-refractivity contribution < 1.29 is 0 Å². The highest BCUT2D eigenvalue weighted by atomic mass is 15.0. The molecule has 1 aliphatic rings. The number of rotatable bonds is 1. The van der Waals surface area contributed by atoms with E-state index >= 15 is 0 Å². The summed E-state index contributed by atoms with van der Waals surface area (Å²) < 4.78 is 2.07. The fourth-order valence-electron chi connectivity index (χ4n) is 1.06. The van der Waals surface area contributed by atoms with Crippen molar-refractivity contribution in [2.75, 3.05) is 0 Å². The zero-order valence-electron chi connectivity index (χ0n) is 6.04. The summed E-state index contributed by atoms with van der Waals surface area (Å²) in [5.41, 5.74) is 2.93. The Kier molecular flexibility index (Phi) is 1.13. The first kappa shape index (κ1) is 5.71. The van der Waals surface area contributed by atoms with E-state index in [0.29, 0.717) is 0 Å². The molecule has 1 aromatic heterocycles. The SMILES string of the molecule is CC(=C1CC1)n1ccnc1.